The average molecular weight is 315 g/mol. The van der Waals surface area contributed by atoms with Gasteiger partial charge in [0.15, 0.2) is 0 Å². The molecular weight excluding hydrogens is 294 g/mol. The van der Waals surface area contributed by atoms with Crippen molar-refractivity contribution >= 4 is 11.4 Å². The fourth-order valence-corrected chi connectivity index (χ4v) is 2.50. The van der Waals surface area contributed by atoms with Crippen molar-refractivity contribution in [2.75, 3.05) is 33.1 Å². The van der Waals surface area contributed by atoms with E-state index in [1.165, 1.54) is 6.07 Å². The van der Waals surface area contributed by atoms with E-state index in [1.54, 1.807) is 25.3 Å². The van der Waals surface area contributed by atoms with Crippen LogP contribution in [0.2, 0.25) is 0 Å². The monoisotopic (exact) mass is 315 g/mol. The van der Waals surface area contributed by atoms with E-state index in [0.717, 1.165) is 11.3 Å². The zero-order valence-electron chi connectivity index (χ0n) is 13.5. The Kier molecular flexibility index (Phi) is 5.54. The van der Waals surface area contributed by atoms with Crippen LogP contribution in [0.1, 0.15) is 11.6 Å². The molecular formula is C17H21N3O3. The number of anilines is 1. The number of benzene rings is 2. The normalized spacial score (nSPS) is 12.0. The first kappa shape index (κ1) is 16.8. The molecule has 23 heavy (non-hydrogen) atoms. The lowest BCUT2D eigenvalue weighted by Gasteiger charge is -2.26. The first-order valence-corrected chi connectivity index (χ1v) is 7.31. The predicted octanol–water partition coefficient (Wildman–Crippen LogP) is 3.32. The van der Waals surface area contributed by atoms with Gasteiger partial charge in [-0.05, 0) is 26.2 Å². The molecule has 2 rings (SSSR count). The van der Waals surface area contributed by atoms with Crippen LogP contribution in [0.5, 0.6) is 5.75 Å². The van der Waals surface area contributed by atoms with Gasteiger partial charge in [-0.2, -0.15) is 0 Å². The van der Waals surface area contributed by atoms with E-state index in [4.69, 9.17) is 4.74 Å². The summed E-state index contributed by atoms with van der Waals surface area (Å²) in [6, 6.07) is 14.5. The Hall–Kier alpha value is -2.60. The molecule has 0 fully saturated rings. The second-order valence-electron chi connectivity index (χ2n) is 5.38. The van der Waals surface area contributed by atoms with Crippen LogP contribution < -0.4 is 10.1 Å². The summed E-state index contributed by atoms with van der Waals surface area (Å²) in [5.74, 6) is 0.801. The number of methoxy groups -OCH3 is 1. The number of nitro benzene ring substituents is 1. The number of hydrogen-bond donors (Lipinski definition) is 1. The topological polar surface area (TPSA) is 67.6 Å². The zero-order chi connectivity index (χ0) is 16.8. The quantitative estimate of drug-likeness (QED) is 0.627. The fourth-order valence-electron chi connectivity index (χ4n) is 2.50. The van der Waals surface area contributed by atoms with Crippen LogP contribution in [0.15, 0.2) is 48.5 Å². The van der Waals surface area contributed by atoms with Gasteiger partial charge in [-0.25, -0.2) is 0 Å². The molecule has 1 atom stereocenters. The summed E-state index contributed by atoms with van der Waals surface area (Å²) in [5.41, 5.74) is 1.62. The molecule has 0 aromatic heterocycles. The highest BCUT2D eigenvalue weighted by Gasteiger charge is 2.20. The van der Waals surface area contributed by atoms with Gasteiger partial charge in [0.2, 0.25) is 0 Å². The molecule has 0 spiro atoms. The Morgan fingerprint density at radius 1 is 1.17 bits per heavy atom. The van der Waals surface area contributed by atoms with Crippen molar-refractivity contribution in [3.05, 3.63) is 64.2 Å². The number of likely N-dealkylation sites (N-methyl/N-ethyl adjacent to an activating group) is 1. The van der Waals surface area contributed by atoms with E-state index < -0.39 is 0 Å². The van der Waals surface area contributed by atoms with Crippen molar-refractivity contribution in [3.63, 3.8) is 0 Å². The van der Waals surface area contributed by atoms with Crippen LogP contribution in [0.25, 0.3) is 0 Å². The third-order valence-corrected chi connectivity index (χ3v) is 3.71. The summed E-state index contributed by atoms with van der Waals surface area (Å²) in [5, 5.41) is 14.3. The maximum Gasteiger partial charge on any atom is 0.292 e. The summed E-state index contributed by atoms with van der Waals surface area (Å²) in [6.07, 6.45) is 0. The first-order valence-electron chi connectivity index (χ1n) is 7.31. The van der Waals surface area contributed by atoms with Crippen LogP contribution in [-0.4, -0.2) is 37.6 Å². The highest BCUT2D eigenvalue weighted by Crippen LogP contribution is 2.29. The largest absolute Gasteiger partial charge is 0.496 e. The molecule has 0 amide bonds. The van der Waals surface area contributed by atoms with Gasteiger partial charge >= 0.3 is 0 Å². The lowest BCUT2D eigenvalue weighted by Crippen LogP contribution is -2.27. The van der Waals surface area contributed by atoms with Gasteiger partial charge in [0, 0.05) is 18.2 Å². The van der Waals surface area contributed by atoms with Gasteiger partial charge in [0.25, 0.3) is 5.69 Å². The Labute approximate surface area is 135 Å². The summed E-state index contributed by atoms with van der Waals surface area (Å²) in [7, 11) is 5.58. The smallest absolute Gasteiger partial charge is 0.292 e. The Balaban J connectivity index is 2.23. The third kappa shape index (κ3) is 3.98. The Bertz CT molecular complexity index is 674. The molecule has 6 heteroatoms. The average Bonchev–Trinajstić information content (AvgIpc) is 2.55. The van der Waals surface area contributed by atoms with Crippen LogP contribution in [0.4, 0.5) is 11.4 Å². The zero-order valence-corrected chi connectivity index (χ0v) is 13.5. The second-order valence-corrected chi connectivity index (χ2v) is 5.38. The van der Waals surface area contributed by atoms with Crippen LogP contribution >= 0.6 is 0 Å². The number of nitrogens with one attached hydrogen (secondary N) is 1. The van der Waals surface area contributed by atoms with Crippen molar-refractivity contribution < 1.29 is 9.66 Å². The molecule has 122 valence electrons. The van der Waals surface area contributed by atoms with Crippen LogP contribution in [0.3, 0.4) is 0 Å². The maximum atomic E-state index is 11.1. The van der Waals surface area contributed by atoms with E-state index in [0.29, 0.717) is 12.2 Å². The highest BCUT2D eigenvalue weighted by atomic mass is 16.6. The molecule has 0 aliphatic rings. The van der Waals surface area contributed by atoms with Gasteiger partial charge in [-0.3, -0.25) is 10.1 Å². The number of para-hydroxylation sites is 3. The highest BCUT2D eigenvalue weighted by molar-refractivity contribution is 5.61. The Morgan fingerprint density at radius 2 is 1.83 bits per heavy atom. The molecule has 0 saturated heterocycles. The second kappa shape index (κ2) is 7.60. The summed E-state index contributed by atoms with van der Waals surface area (Å²) in [6.45, 7) is 0.526. The molecule has 2 aromatic rings. The van der Waals surface area contributed by atoms with E-state index in [1.807, 2.05) is 38.4 Å². The number of hydrogen-bond acceptors (Lipinski definition) is 5. The lowest BCUT2D eigenvalue weighted by molar-refractivity contribution is -0.384. The molecule has 6 nitrogen and oxygen atoms in total. The van der Waals surface area contributed by atoms with Crippen molar-refractivity contribution in [1.82, 2.24) is 4.90 Å². The van der Waals surface area contributed by atoms with Crippen molar-refractivity contribution in [2.24, 2.45) is 0 Å². The minimum atomic E-state index is -0.379. The van der Waals surface area contributed by atoms with Gasteiger partial charge in [-0.15, -0.1) is 0 Å². The first-order chi connectivity index (χ1) is 11.0. The van der Waals surface area contributed by atoms with Gasteiger partial charge < -0.3 is 15.0 Å². The minimum Gasteiger partial charge on any atom is -0.496 e. The van der Waals surface area contributed by atoms with Crippen LogP contribution in [0, 0.1) is 10.1 Å². The SMILES string of the molecule is COc1ccccc1C(CNc1ccccc1[N+](=O)[O-])N(C)C. The van der Waals surface area contributed by atoms with E-state index in [2.05, 4.69) is 10.2 Å². The van der Waals surface area contributed by atoms with E-state index in [9.17, 15) is 10.1 Å². The van der Waals surface area contributed by atoms with Crippen LogP contribution in [-0.2, 0) is 0 Å². The summed E-state index contributed by atoms with van der Waals surface area (Å²) >= 11 is 0. The molecule has 0 aliphatic carbocycles. The Morgan fingerprint density at radius 3 is 2.48 bits per heavy atom. The molecule has 0 heterocycles. The van der Waals surface area contributed by atoms with E-state index in [-0.39, 0.29) is 16.7 Å². The molecule has 2 aromatic carbocycles. The third-order valence-electron chi connectivity index (χ3n) is 3.71. The molecule has 0 aliphatic heterocycles. The summed E-state index contributed by atoms with van der Waals surface area (Å²) < 4.78 is 5.43. The fraction of sp³-hybridized carbons (Fsp3) is 0.294. The molecule has 0 saturated carbocycles. The lowest BCUT2D eigenvalue weighted by atomic mass is 10.0. The maximum absolute atomic E-state index is 11.1. The number of rotatable bonds is 7. The number of ether oxygens (including phenoxy) is 1. The number of nitrogens with zero attached hydrogens (tertiary/aromatic N) is 2. The van der Waals surface area contributed by atoms with Gasteiger partial charge in [0.1, 0.15) is 11.4 Å². The molecule has 0 radical (unpaired) electrons. The molecule has 1 unspecified atom stereocenters. The van der Waals surface area contributed by atoms with Gasteiger partial charge in [-0.1, -0.05) is 30.3 Å². The molecule has 1 N–H and O–H groups in total. The van der Waals surface area contributed by atoms with Gasteiger partial charge in [0.05, 0.1) is 18.1 Å². The standard InChI is InChI=1S/C17H21N3O3/c1-19(2)16(13-8-4-7-11-17(13)23-3)12-18-14-9-5-6-10-15(14)20(21)22/h4-11,16,18H,12H2,1-3H3. The molecule has 0 bridgehead atoms. The predicted molar refractivity (Wildman–Crippen MR) is 91.0 cm³/mol. The van der Waals surface area contributed by atoms with Crippen molar-refractivity contribution in [3.8, 4) is 5.75 Å². The van der Waals surface area contributed by atoms with Crippen molar-refractivity contribution in [1.29, 1.82) is 0 Å². The van der Waals surface area contributed by atoms with Crippen molar-refractivity contribution in [2.45, 2.75) is 6.04 Å². The van der Waals surface area contributed by atoms with E-state index >= 15 is 0 Å². The summed E-state index contributed by atoms with van der Waals surface area (Å²) in [4.78, 5) is 12.8. The number of nitro groups is 1. The minimum absolute atomic E-state index is 0.0194.